The first-order chi connectivity index (χ1) is 9.52. The molecule has 2 N–H and O–H groups in total. The van der Waals surface area contributed by atoms with E-state index in [1.807, 2.05) is 0 Å². The van der Waals surface area contributed by atoms with E-state index in [1.165, 1.54) is 19.5 Å². The van der Waals surface area contributed by atoms with Crippen LogP contribution in [0.25, 0.3) is 0 Å². The second kappa shape index (κ2) is 5.87. The van der Waals surface area contributed by atoms with Gasteiger partial charge in [0.05, 0.1) is 7.11 Å². The Balaban J connectivity index is 2.23. The summed E-state index contributed by atoms with van der Waals surface area (Å²) in [4.78, 5) is 7.78. The molecular weight excluding hydrogens is 271 g/mol. The standard InChI is InChI=1S/C13H12F3N3O/c1-20-11-5-7(18-6-19-11)4-10(17)8-2-3-9(14)13(16)12(8)15/h2-3,5-6,10H,4,17H2,1H3. The first-order valence-electron chi connectivity index (χ1n) is 5.76. The molecule has 1 atom stereocenters. The van der Waals surface area contributed by atoms with Crippen molar-refractivity contribution in [3.63, 3.8) is 0 Å². The number of nitrogens with two attached hydrogens (primary N) is 1. The van der Waals surface area contributed by atoms with Crippen LogP contribution in [0.1, 0.15) is 17.3 Å². The summed E-state index contributed by atoms with van der Waals surface area (Å²) in [5.74, 6) is -3.72. The second-order valence-electron chi connectivity index (χ2n) is 4.13. The van der Waals surface area contributed by atoms with E-state index in [-0.39, 0.29) is 12.0 Å². The topological polar surface area (TPSA) is 61.0 Å². The second-order valence-corrected chi connectivity index (χ2v) is 4.13. The third-order valence-corrected chi connectivity index (χ3v) is 2.80. The van der Waals surface area contributed by atoms with Gasteiger partial charge < -0.3 is 10.5 Å². The van der Waals surface area contributed by atoms with Crippen LogP contribution in [0.15, 0.2) is 24.5 Å². The molecule has 106 valence electrons. The Morgan fingerprint density at radius 1 is 1.20 bits per heavy atom. The molecule has 0 radical (unpaired) electrons. The maximum Gasteiger partial charge on any atom is 0.216 e. The summed E-state index contributed by atoms with van der Waals surface area (Å²) in [7, 11) is 1.45. The van der Waals surface area contributed by atoms with Crippen LogP contribution in [0.4, 0.5) is 13.2 Å². The van der Waals surface area contributed by atoms with Gasteiger partial charge in [-0.2, -0.15) is 0 Å². The van der Waals surface area contributed by atoms with E-state index in [0.717, 1.165) is 12.1 Å². The van der Waals surface area contributed by atoms with Crippen LogP contribution in [-0.4, -0.2) is 17.1 Å². The molecule has 0 amide bonds. The molecule has 0 spiro atoms. The molecular formula is C13H12F3N3O. The lowest BCUT2D eigenvalue weighted by atomic mass is 10.0. The molecule has 7 heteroatoms. The van der Waals surface area contributed by atoms with Gasteiger partial charge >= 0.3 is 0 Å². The van der Waals surface area contributed by atoms with Gasteiger partial charge in [0.2, 0.25) is 5.88 Å². The van der Waals surface area contributed by atoms with Crippen LogP contribution >= 0.6 is 0 Å². The summed E-state index contributed by atoms with van der Waals surface area (Å²) < 4.78 is 44.5. The Bertz CT molecular complexity index is 622. The SMILES string of the molecule is COc1cc(CC(N)c2ccc(F)c(F)c2F)ncn1. The fourth-order valence-corrected chi connectivity index (χ4v) is 1.76. The van der Waals surface area contributed by atoms with Crippen molar-refractivity contribution >= 4 is 0 Å². The molecule has 1 aromatic heterocycles. The molecule has 1 aromatic carbocycles. The molecule has 0 bridgehead atoms. The molecule has 20 heavy (non-hydrogen) atoms. The third-order valence-electron chi connectivity index (χ3n) is 2.80. The number of rotatable bonds is 4. The number of benzene rings is 1. The smallest absolute Gasteiger partial charge is 0.216 e. The van der Waals surface area contributed by atoms with Crippen molar-refractivity contribution in [1.82, 2.24) is 9.97 Å². The van der Waals surface area contributed by atoms with Gasteiger partial charge in [-0.25, -0.2) is 23.1 Å². The number of hydrogen-bond acceptors (Lipinski definition) is 4. The summed E-state index contributed by atoms with van der Waals surface area (Å²) in [5.41, 5.74) is 6.21. The molecule has 0 aliphatic rings. The highest BCUT2D eigenvalue weighted by Gasteiger charge is 2.19. The van der Waals surface area contributed by atoms with E-state index in [4.69, 9.17) is 10.5 Å². The van der Waals surface area contributed by atoms with Crippen molar-refractivity contribution in [1.29, 1.82) is 0 Å². The van der Waals surface area contributed by atoms with Crippen LogP contribution in [0, 0.1) is 17.5 Å². The highest BCUT2D eigenvalue weighted by atomic mass is 19.2. The molecule has 4 nitrogen and oxygen atoms in total. The Morgan fingerprint density at radius 3 is 2.65 bits per heavy atom. The van der Waals surface area contributed by atoms with Gasteiger partial charge in [-0.1, -0.05) is 6.07 Å². The molecule has 0 saturated carbocycles. The van der Waals surface area contributed by atoms with Crippen LogP contribution in [-0.2, 0) is 6.42 Å². The molecule has 0 saturated heterocycles. The van der Waals surface area contributed by atoms with Gasteiger partial charge in [0.25, 0.3) is 0 Å². The van der Waals surface area contributed by atoms with Crippen molar-refractivity contribution in [2.45, 2.75) is 12.5 Å². The van der Waals surface area contributed by atoms with Gasteiger partial charge in [0, 0.05) is 29.8 Å². The largest absolute Gasteiger partial charge is 0.481 e. The molecule has 0 fully saturated rings. The number of halogens is 3. The monoisotopic (exact) mass is 283 g/mol. The predicted octanol–water partition coefficient (Wildman–Crippen LogP) is 2.15. The molecule has 1 unspecified atom stereocenters. The van der Waals surface area contributed by atoms with E-state index >= 15 is 0 Å². The number of ether oxygens (including phenoxy) is 1. The first kappa shape index (κ1) is 14.3. The van der Waals surface area contributed by atoms with Crippen LogP contribution in [0.5, 0.6) is 5.88 Å². The van der Waals surface area contributed by atoms with Crippen molar-refractivity contribution in [2.75, 3.05) is 7.11 Å². The van der Waals surface area contributed by atoms with E-state index in [9.17, 15) is 13.2 Å². The molecule has 0 aliphatic heterocycles. The normalized spacial score (nSPS) is 12.2. The van der Waals surface area contributed by atoms with Crippen LogP contribution < -0.4 is 10.5 Å². The fourth-order valence-electron chi connectivity index (χ4n) is 1.76. The van der Waals surface area contributed by atoms with Crippen LogP contribution in [0.2, 0.25) is 0 Å². The number of nitrogens with zero attached hydrogens (tertiary/aromatic N) is 2. The zero-order valence-corrected chi connectivity index (χ0v) is 10.6. The van der Waals surface area contributed by atoms with E-state index in [1.54, 1.807) is 0 Å². The lowest BCUT2D eigenvalue weighted by Crippen LogP contribution is -2.17. The lowest BCUT2D eigenvalue weighted by Gasteiger charge is -2.13. The number of aromatic nitrogens is 2. The Hall–Kier alpha value is -2.15. The number of methoxy groups -OCH3 is 1. The molecule has 2 aromatic rings. The van der Waals surface area contributed by atoms with Gasteiger partial charge in [-0.3, -0.25) is 0 Å². The van der Waals surface area contributed by atoms with Gasteiger partial charge in [-0.15, -0.1) is 0 Å². The van der Waals surface area contributed by atoms with Gasteiger partial charge in [0.1, 0.15) is 6.33 Å². The highest BCUT2D eigenvalue weighted by Crippen LogP contribution is 2.22. The molecule has 1 heterocycles. The Morgan fingerprint density at radius 2 is 1.95 bits per heavy atom. The van der Waals surface area contributed by atoms with Crippen LogP contribution in [0.3, 0.4) is 0 Å². The zero-order valence-electron chi connectivity index (χ0n) is 10.6. The average Bonchev–Trinajstić information content (AvgIpc) is 2.45. The van der Waals surface area contributed by atoms with E-state index < -0.39 is 23.5 Å². The molecule has 2 rings (SSSR count). The molecule has 0 aliphatic carbocycles. The highest BCUT2D eigenvalue weighted by molar-refractivity contribution is 5.25. The van der Waals surface area contributed by atoms with E-state index in [0.29, 0.717) is 11.6 Å². The summed E-state index contributed by atoms with van der Waals surface area (Å²) in [5, 5.41) is 0. The first-order valence-corrected chi connectivity index (χ1v) is 5.76. The summed E-state index contributed by atoms with van der Waals surface area (Å²) in [6, 6.07) is 2.65. The fraction of sp³-hybridized carbons (Fsp3) is 0.231. The minimum atomic E-state index is -1.53. The summed E-state index contributed by atoms with van der Waals surface area (Å²) in [6.45, 7) is 0. The van der Waals surface area contributed by atoms with E-state index in [2.05, 4.69) is 9.97 Å². The minimum absolute atomic E-state index is 0.110. The predicted molar refractivity (Wildman–Crippen MR) is 65.5 cm³/mol. The van der Waals surface area contributed by atoms with Gasteiger partial charge in [0.15, 0.2) is 17.5 Å². The van der Waals surface area contributed by atoms with Gasteiger partial charge in [-0.05, 0) is 6.07 Å². The minimum Gasteiger partial charge on any atom is -0.481 e. The Labute approximate surface area is 113 Å². The van der Waals surface area contributed by atoms with Crippen molar-refractivity contribution in [3.8, 4) is 5.88 Å². The lowest BCUT2D eigenvalue weighted by molar-refractivity contribution is 0.395. The maximum absolute atomic E-state index is 13.6. The summed E-state index contributed by atoms with van der Waals surface area (Å²) >= 11 is 0. The van der Waals surface area contributed by atoms with Crippen molar-refractivity contribution < 1.29 is 17.9 Å². The zero-order chi connectivity index (χ0) is 14.7. The van der Waals surface area contributed by atoms with Crippen molar-refractivity contribution in [2.24, 2.45) is 5.73 Å². The quantitative estimate of drug-likeness (QED) is 0.873. The Kier molecular flexibility index (Phi) is 4.19. The maximum atomic E-state index is 13.6. The number of hydrogen-bond donors (Lipinski definition) is 1. The van der Waals surface area contributed by atoms with Crippen molar-refractivity contribution in [3.05, 3.63) is 53.2 Å². The average molecular weight is 283 g/mol. The summed E-state index contributed by atoms with van der Waals surface area (Å²) in [6.07, 6.45) is 1.42. The third kappa shape index (κ3) is 2.88.